The van der Waals surface area contributed by atoms with Gasteiger partial charge in [0, 0.05) is 17.2 Å². The minimum atomic E-state index is -0.160. The highest BCUT2D eigenvalue weighted by molar-refractivity contribution is 7.97. The van der Waals surface area contributed by atoms with Gasteiger partial charge in [0.2, 0.25) is 0 Å². The van der Waals surface area contributed by atoms with E-state index in [9.17, 15) is 5.11 Å². The molecule has 3 aromatic carbocycles. The van der Waals surface area contributed by atoms with Crippen molar-refractivity contribution in [3.05, 3.63) is 83.9 Å². The Bertz CT molecular complexity index is 843. The minimum absolute atomic E-state index is 0.160. The molecule has 1 fully saturated rings. The van der Waals surface area contributed by atoms with E-state index in [4.69, 9.17) is 0 Å². The first-order chi connectivity index (χ1) is 13.2. The predicted molar refractivity (Wildman–Crippen MR) is 114 cm³/mol. The molecule has 0 heterocycles. The van der Waals surface area contributed by atoms with Gasteiger partial charge in [0.1, 0.15) is 5.75 Å². The zero-order chi connectivity index (χ0) is 18.6. The van der Waals surface area contributed by atoms with Crippen molar-refractivity contribution in [2.45, 2.75) is 59.6 Å². The van der Waals surface area contributed by atoms with Gasteiger partial charge in [-0.05, 0) is 56.0 Å². The summed E-state index contributed by atoms with van der Waals surface area (Å²) in [5.41, 5.74) is 2.32. The van der Waals surface area contributed by atoms with Crippen molar-refractivity contribution in [1.82, 2.24) is 0 Å². The summed E-state index contributed by atoms with van der Waals surface area (Å²) in [5, 5.41) is 10.7. The summed E-state index contributed by atoms with van der Waals surface area (Å²) in [7, 11) is -0.160. The van der Waals surface area contributed by atoms with E-state index in [-0.39, 0.29) is 10.9 Å². The van der Waals surface area contributed by atoms with Crippen LogP contribution in [0.15, 0.2) is 87.5 Å². The molecule has 0 bridgehead atoms. The van der Waals surface area contributed by atoms with Gasteiger partial charge >= 0.3 is 0 Å². The van der Waals surface area contributed by atoms with Crippen molar-refractivity contribution in [2.75, 3.05) is 0 Å². The Labute approximate surface area is 165 Å². The Kier molecular flexibility index (Phi) is 5.54. The summed E-state index contributed by atoms with van der Waals surface area (Å²) in [6.45, 7) is 2.13. The van der Waals surface area contributed by atoms with Gasteiger partial charge in [-0.3, -0.25) is 0 Å². The second-order valence-corrected chi connectivity index (χ2v) is 9.44. The van der Waals surface area contributed by atoms with Gasteiger partial charge in [0.15, 0.2) is 14.7 Å². The molecule has 0 radical (unpaired) electrons. The molecule has 1 nitrogen and oxygen atoms in total. The third-order valence-corrected chi connectivity index (χ3v) is 7.91. The third kappa shape index (κ3) is 3.91. The van der Waals surface area contributed by atoms with Gasteiger partial charge in [-0.15, -0.1) is 0 Å². The van der Waals surface area contributed by atoms with E-state index in [1.807, 2.05) is 6.07 Å². The molecular weight excluding hydrogens is 348 g/mol. The van der Waals surface area contributed by atoms with Gasteiger partial charge in [0.05, 0.1) is 10.9 Å². The van der Waals surface area contributed by atoms with Gasteiger partial charge in [-0.1, -0.05) is 55.7 Å². The van der Waals surface area contributed by atoms with Crippen LogP contribution in [0.5, 0.6) is 5.75 Å². The average Bonchev–Trinajstić information content (AvgIpc) is 2.72. The third-order valence-electron chi connectivity index (χ3n) is 5.55. The maximum absolute atomic E-state index is 10.7. The fourth-order valence-corrected chi connectivity index (χ4v) is 6.42. The number of phenols is 1. The fraction of sp³-hybridized carbons (Fsp3) is 0.280. The molecular formula is C25H27OS+. The molecule has 138 valence electrons. The smallest absolute Gasteiger partial charge is 0.170 e. The standard InChI is InChI=1S/C25H26OS/c1-19-17-24(26)23(20-11-5-2-6-12-20)18-25(19)27(21-13-7-3-8-14-21)22-15-9-4-10-16-22/h3-4,7-10,13-18,20H,2,5-6,11-12H2,1H3/p+1. The molecule has 4 rings (SSSR count). The highest BCUT2D eigenvalue weighted by atomic mass is 32.2. The number of hydrogen-bond donors (Lipinski definition) is 1. The van der Waals surface area contributed by atoms with Crippen molar-refractivity contribution in [2.24, 2.45) is 0 Å². The predicted octanol–water partition coefficient (Wildman–Crippen LogP) is 6.84. The van der Waals surface area contributed by atoms with Crippen molar-refractivity contribution < 1.29 is 5.11 Å². The van der Waals surface area contributed by atoms with Gasteiger partial charge < -0.3 is 5.11 Å². The van der Waals surface area contributed by atoms with E-state index >= 15 is 0 Å². The second-order valence-electron chi connectivity index (χ2n) is 7.44. The largest absolute Gasteiger partial charge is 0.508 e. The van der Waals surface area contributed by atoms with Crippen molar-refractivity contribution in [1.29, 1.82) is 0 Å². The lowest BCUT2D eigenvalue weighted by atomic mass is 9.83. The molecule has 27 heavy (non-hydrogen) atoms. The maximum Gasteiger partial charge on any atom is 0.170 e. The first kappa shape index (κ1) is 18.2. The second kappa shape index (κ2) is 8.22. The number of rotatable bonds is 4. The summed E-state index contributed by atoms with van der Waals surface area (Å²) in [6, 6.07) is 25.8. The molecule has 0 atom stereocenters. The number of aryl methyl sites for hydroxylation is 1. The van der Waals surface area contributed by atoms with Crippen LogP contribution in [-0.2, 0) is 10.9 Å². The SMILES string of the molecule is Cc1cc(O)c(C2CCCCC2)cc1[S+](c1ccccc1)c1ccccc1. The summed E-state index contributed by atoms with van der Waals surface area (Å²) in [4.78, 5) is 3.99. The first-order valence-electron chi connectivity index (χ1n) is 9.92. The highest BCUT2D eigenvalue weighted by Gasteiger charge is 2.32. The Balaban J connectivity index is 1.84. The van der Waals surface area contributed by atoms with E-state index in [1.165, 1.54) is 52.4 Å². The summed E-state index contributed by atoms with van der Waals surface area (Å²) in [5.74, 6) is 0.975. The molecule has 0 unspecified atom stereocenters. The lowest BCUT2D eigenvalue weighted by Gasteiger charge is -2.23. The molecule has 0 amide bonds. The Hall–Kier alpha value is -2.19. The molecule has 1 aliphatic carbocycles. The summed E-state index contributed by atoms with van der Waals surface area (Å²) < 4.78 is 0. The molecule has 0 spiro atoms. The van der Waals surface area contributed by atoms with Crippen LogP contribution in [-0.4, -0.2) is 5.11 Å². The monoisotopic (exact) mass is 375 g/mol. The van der Waals surface area contributed by atoms with Crippen molar-refractivity contribution in [3.8, 4) is 5.75 Å². The van der Waals surface area contributed by atoms with Crippen molar-refractivity contribution in [3.63, 3.8) is 0 Å². The Morgan fingerprint density at radius 1 is 0.778 bits per heavy atom. The topological polar surface area (TPSA) is 20.2 Å². The van der Waals surface area contributed by atoms with E-state index in [0.717, 1.165) is 5.56 Å². The molecule has 0 aromatic heterocycles. The van der Waals surface area contributed by atoms with Crippen LogP contribution >= 0.6 is 0 Å². The molecule has 0 saturated heterocycles. The Morgan fingerprint density at radius 2 is 1.33 bits per heavy atom. The van der Waals surface area contributed by atoms with Crippen LogP contribution in [0.25, 0.3) is 0 Å². The molecule has 1 saturated carbocycles. The molecule has 1 N–H and O–H groups in total. The van der Waals surface area contributed by atoms with Gasteiger partial charge in [-0.2, -0.15) is 0 Å². The van der Waals surface area contributed by atoms with Crippen molar-refractivity contribution >= 4 is 10.9 Å². The maximum atomic E-state index is 10.7. The quantitative estimate of drug-likeness (QED) is 0.495. The summed E-state index contributed by atoms with van der Waals surface area (Å²) >= 11 is 0. The first-order valence-corrected chi connectivity index (χ1v) is 11.1. The van der Waals surface area contributed by atoms with Crippen LogP contribution < -0.4 is 0 Å². The molecule has 1 aliphatic rings. The van der Waals surface area contributed by atoms with Gasteiger partial charge in [0.25, 0.3) is 0 Å². The fourth-order valence-electron chi connectivity index (χ4n) is 4.15. The highest BCUT2D eigenvalue weighted by Crippen LogP contribution is 2.41. The zero-order valence-corrected chi connectivity index (χ0v) is 16.7. The zero-order valence-electron chi connectivity index (χ0n) is 15.9. The number of benzene rings is 3. The van der Waals surface area contributed by atoms with Crippen LogP contribution in [0, 0.1) is 6.92 Å². The molecule has 3 aromatic rings. The average molecular weight is 376 g/mol. The van der Waals surface area contributed by atoms with Crippen LogP contribution in [0.3, 0.4) is 0 Å². The number of aromatic hydroxyl groups is 1. The van der Waals surface area contributed by atoms with Crippen LogP contribution in [0.1, 0.15) is 49.1 Å². The van der Waals surface area contributed by atoms with Crippen LogP contribution in [0.2, 0.25) is 0 Å². The van der Waals surface area contributed by atoms with Crippen LogP contribution in [0.4, 0.5) is 0 Å². The van der Waals surface area contributed by atoms with E-state index < -0.39 is 0 Å². The molecule has 0 aliphatic heterocycles. The van der Waals surface area contributed by atoms with Gasteiger partial charge in [-0.25, -0.2) is 0 Å². The lowest BCUT2D eigenvalue weighted by Crippen LogP contribution is -2.10. The van der Waals surface area contributed by atoms with E-state index in [1.54, 1.807) is 0 Å². The minimum Gasteiger partial charge on any atom is -0.508 e. The number of phenolic OH excluding ortho intramolecular Hbond substituents is 1. The lowest BCUT2D eigenvalue weighted by molar-refractivity contribution is 0.413. The van der Waals surface area contributed by atoms with E-state index in [0.29, 0.717) is 11.7 Å². The molecule has 2 heteroatoms. The Morgan fingerprint density at radius 3 is 1.89 bits per heavy atom. The summed E-state index contributed by atoms with van der Waals surface area (Å²) in [6.07, 6.45) is 6.27. The normalized spacial score (nSPS) is 15.2. The van der Waals surface area contributed by atoms with E-state index in [2.05, 4.69) is 73.7 Å². The number of hydrogen-bond acceptors (Lipinski definition) is 1.